The zero-order chi connectivity index (χ0) is 11.4. The molecule has 1 heterocycles. The third-order valence-electron chi connectivity index (χ3n) is 3.08. The Labute approximate surface area is 96.2 Å². The summed E-state index contributed by atoms with van der Waals surface area (Å²) in [6.45, 7) is 3.06. The second kappa shape index (κ2) is 5.30. The molecule has 2 rings (SSSR count). The lowest BCUT2D eigenvalue weighted by Crippen LogP contribution is -2.24. The van der Waals surface area contributed by atoms with Crippen LogP contribution in [0.3, 0.4) is 0 Å². The number of likely N-dealkylation sites (tertiary alicyclic amines) is 1. The van der Waals surface area contributed by atoms with Crippen molar-refractivity contribution in [1.29, 1.82) is 0 Å². The van der Waals surface area contributed by atoms with E-state index in [4.69, 9.17) is 5.73 Å². The number of halogens is 1. The highest BCUT2D eigenvalue weighted by molar-refractivity contribution is 5.41. The number of benzene rings is 1. The van der Waals surface area contributed by atoms with Crippen LogP contribution in [0, 0.1) is 5.82 Å². The Hall–Kier alpha value is -1.09. The summed E-state index contributed by atoms with van der Waals surface area (Å²) < 4.78 is 13.2. The van der Waals surface area contributed by atoms with Gasteiger partial charge in [-0.05, 0) is 49.7 Å². The van der Waals surface area contributed by atoms with E-state index in [9.17, 15) is 4.39 Å². The molecule has 3 heteroatoms. The number of anilines is 1. The van der Waals surface area contributed by atoms with Crippen molar-refractivity contribution in [3.05, 3.63) is 29.6 Å². The van der Waals surface area contributed by atoms with Gasteiger partial charge in [0.1, 0.15) is 5.82 Å². The molecule has 0 amide bonds. The molecule has 2 nitrogen and oxygen atoms in total. The lowest BCUT2D eigenvalue weighted by Gasteiger charge is -2.19. The van der Waals surface area contributed by atoms with Crippen LogP contribution in [-0.4, -0.2) is 18.0 Å². The molecule has 1 aliphatic heterocycles. The first-order valence-corrected chi connectivity index (χ1v) is 6.01. The quantitative estimate of drug-likeness (QED) is 0.780. The topological polar surface area (TPSA) is 29.3 Å². The van der Waals surface area contributed by atoms with E-state index in [2.05, 4.69) is 4.90 Å². The fourth-order valence-electron chi connectivity index (χ4n) is 2.32. The number of nitrogens with zero attached hydrogens (tertiary/aromatic N) is 1. The van der Waals surface area contributed by atoms with Crippen molar-refractivity contribution in [3.8, 4) is 0 Å². The van der Waals surface area contributed by atoms with Crippen LogP contribution in [0.4, 0.5) is 10.1 Å². The van der Waals surface area contributed by atoms with E-state index >= 15 is 0 Å². The summed E-state index contributed by atoms with van der Waals surface area (Å²) in [6.07, 6.45) is 5.15. The maximum Gasteiger partial charge on any atom is 0.125 e. The van der Waals surface area contributed by atoms with Gasteiger partial charge in [-0.25, -0.2) is 4.39 Å². The zero-order valence-corrected chi connectivity index (χ0v) is 9.58. The second-order valence-electron chi connectivity index (χ2n) is 4.58. The van der Waals surface area contributed by atoms with Crippen LogP contribution in [0.2, 0.25) is 0 Å². The van der Waals surface area contributed by atoms with Crippen molar-refractivity contribution < 1.29 is 4.39 Å². The minimum atomic E-state index is -0.232. The van der Waals surface area contributed by atoms with Gasteiger partial charge >= 0.3 is 0 Å². The zero-order valence-electron chi connectivity index (χ0n) is 9.58. The van der Waals surface area contributed by atoms with Crippen molar-refractivity contribution in [3.63, 3.8) is 0 Å². The van der Waals surface area contributed by atoms with E-state index < -0.39 is 0 Å². The standard InChI is InChI=1S/C13H19FN2/c14-12-7-11(8-13(15)9-12)10-16-5-3-1-2-4-6-16/h7-9H,1-6,10,15H2. The Bertz CT molecular complexity index is 324. The summed E-state index contributed by atoms with van der Waals surface area (Å²) in [5.74, 6) is -0.232. The van der Waals surface area contributed by atoms with Crippen LogP contribution in [0.15, 0.2) is 18.2 Å². The maximum absolute atomic E-state index is 13.2. The first-order valence-electron chi connectivity index (χ1n) is 6.01. The molecule has 1 aromatic rings. The first kappa shape index (κ1) is 11.4. The largest absolute Gasteiger partial charge is 0.399 e. The lowest BCUT2D eigenvalue weighted by atomic mass is 10.2. The molecular weight excluding hydrogens is 203 g/mol. The van der Waals surface area contributed by atoms with Crippen LogP contribution >= 0.6 is 0 Å². The molecule has 0 unspecified atom stereocenters. The Morgan fingerprint density at radius 3 is 2.38 bits per heavy atom. The number of nitrogen functional groups attached to an aromatic ring is 1. The summed E-state index contributed by atoms with van der Waals surface area (Å²) >= 11 is 0. The molecule has 1 saturated heterocycles. The Kier molecular flexibility index (Phi) is 3.78. The molecule has 0 radical (unpaired) electrons. The summed E-state index contributed by atoms with van der Waals surface area (Å²) in [7, 11) is 0. The van der Waals surface area contributed by atoms with E-state index in [1.165, 1.54) is 31.7 Å². The lowest BCUT2D eigenvalue weighted by molar-refractivity contribution is 0.276. The molecule has 1 fully saturated rings. The Morgan fingerprint density at radius 2 is 1.75 bits per heavy atom. The molecule has 0 spiro atoms. The van der Waals surface area contributed by atoms with Gasteiger partial charge in [0.05, 0.1) is 0 Å². The molecule has 1 aliphatic rings. The SMILES string of the molecule is Nc1cc(F)cc(CN2CCCCCC2)c1. The Morgan fingerprint density at radius 1 is 1.06 bits per heavy atom. The molecule has 16 heavy (non-hydrogen) atoms. The smallest absolute Gasteiger partial charge is 0.125 e. The van der Waals surface area contributed by atoms with E-state index in [0.717, 1.165) is 25.2 Å². The molecule has 0 bridgehead atoms. The summed E-state index contributed by atoms with van der Waals surface area (Å²) in [5.41, 5.74) is 7.14. The van der Waals surface area contributed by atoms with Crippen LogP contribution in [-0.2, 0) is 6.54 Å². The Balaban J connectivity index is 2.01. The summed E-state index contributed by atoms with van der Waals surface area (Å²) in [6, 6.07) is 4.82. The van der Waals surface area contributed by atoms with E-state index in [-0.39, 0.29) is 5.82 Å². The predicted molar refractivity (Wildman–Crippen MR) is 64.6 cm³/mol. The minimum Gasteiger partial charge on any atom is -0.399 e. The van der Waals surface area contributed by atoms with Crippen molar-refractivity contribution in [2.45, 2.75) is 32.2 Å². The molecule has 0 atom stereocenters. The molecule has 88 valence electrons. The molecule has 0 aromatic heterocycles. The van der Waals surface area contributed by atoms with Gasteiger partial charge < -0.3 is 5.73 Å². The van der Waals surface area contributed by atoms with Crippen molar-refractivity contribution in [2.75, 3.05) is 18.8 Å². The van der Waals surface area contributed by atoms with Gasteiger partial charge in [-0.15, -0.1) is 0 Å². The van der Waals surface area contributed by atoms with Gasteiger partial charge in [-0.3, -0.25) is 4.90 Å². The van der Waals surface area contributed by atoms with Gasteiger partial charge in [0, 0.05) is 12.2 Å². The molecule has 0 aliphatic carbocycles. The molecule has 2 N–H and O–H groups in total. The van der Waals surface area contributed by atoms with Gasteiger partial charge in [0.2, 0.25) is 0 Å². The van der Waals surface area contributed by atoms with E-state index in [1.807, 2.05) is 6.07 Å². The van der Waals surface area contributed by atoms with Crippen LogP contribution < -0.4 is 5.73 Å². The highest BCUT2D eigenvalue weighted by Crippen LogP contribution is 2.16. The summed E-state index contributed by atoms with van der Waals surface area (Å²) in [4.78, 5) is 2.39. The highest BCUT2D eigenvalue weighted by atomic mass is 19.1. The fourth-order valence-corrected chi connectivity index (χ4v) is 2.32. The average molecular weight is 222 g/mol. The predicted octanol–water partition coefficient (Wildman–Crippen LogP) is 2.78. The van der Waals surface area contributed by atoms with Gasteiger partial charge in [0.25, 0.3) is 0 Å². The number of nitrogens with two attached hydrogens (primary N) is 1. The van der Waals surface area contributed by atoms with E-state index in [1.54, 1.807) is 6.07 Å². The minimum absolute atomic E-state index is 0.232. The third-order valence-corrected chi connectivity index (χ3v) is 3.08. The van der Waals surface area contributed by atoms with Crippen molar-refractivity contribution in [1.82, 2.24) is 4.90 Å². The van der Waals surface area contributed by atoms with Gasteiger partial charge in [0.15, 0.2) is 0 Å². The van der Waals surface area contributed by atoms with Crippen LogP contribution in [0.25, 0.3) is 0 Å². The molecule has 0 saturated carbocycles. The average Bonchev–Trinajstić information content (AvgIpc) is 2.44. The second-order valence-corrected chi connectivity index (χ2v) is 4.58. The monoisotopic (exact) mass is 222 g/mol. The molecule has 1 aromatic carbocycles. The van der Waals surface area contributed by atoms with Crippen LogP contribution in [0.5, 0.6) is 0 Å². The van der Waals surface area contributed by atoms with Crippen molar-refractivity contribution in [2.24, 2.45) is 0 Å². The third kappa shape index (κ3) is 3.20. The van der Waals surface area contributed by atoms with Gasteiger partial charge in [-0.2, -0.15) is 0 Å². The highest BCUT2D eigenvalue weighted by Gasteiger charge is 2.10. The number of hydrogen-bond donors (Lipinski definition) is 1. The van der Waals surface area contributed by atoms with Crippen molar-refractivity contribution >= 4 is 5.69 Å². The van der Waals surface area contributed by atoms with Crippen LogP contribution in [0.1, 0.15) is 31.2 Å². The first-order chi connectivity index (χ1) is 7.74. The van der Waals surface area contributed by atoms with E-state index in [0.29, 0.717) is 5.69 Å². The molecular formula is C13H19FN2. The number of hydrogen-bond acceptors (Lipinski definition) is 2. The van der Waals surface area contributed by atoms with Gasteiger partial charge in [-0.1, -0.05) is 12.8 Å². The number of rotatable bonds is 2. The normalized spacial score (nSPS) is 18.3. The maximum atomic E-state index is 13.2. The summed E-state index contributed by atoms with van der Waals surface area (Å²) in [5, 5.41) is 0. The fraction of sp³-hybridized carbons (Fsp3) is 0.538.